The Balaban J connectivity index is 1.90. The number of fused-ring (bicyclic) bond motifs is 3. The number of phenols is 1. The van der Waals surface area contributed by atoms with Crippen LogP contribution in [0, 0.1) is 11.8 Å². The number of hydrogen-bond acceptors (Lipinski definition) is 9. The molecule has 10 nitrogen and oxygen atoms in total. The van der Waals surface area contributed by atoms with Crippen molar-refractivity contribution in [3.05, 3.63) is 45.7 Å². The van der Waals surface area contributed by atoms with E-state index < -0.39 is 58.0 Å². The van der Waals surface area contributed by atoms with Crippen molar-refractivity contribution in [1.82, 2.24) is 4.90 Å². The van der Waals surface area contributed by atoms with Gasteiger partial charge >= 0.3 is 0 Å². The molecule has 0 saturated heterocycles. The number of rotatable bonds is 7. The zero-order valence-corrected chi connectivity index (χ0v) is 21.1. The molecule has 1 saturated carbocycles. The number of aliphatic hydroxyl groups is 3. The number of ketones is 3. The van der Waals surface area contributed by atoms with Gasteiger partial charge in [0.15, 0.2) is 17.2 Å². The van der Waals surface area contributed by atoms with Crippen molar-refractivity contribution in [2.45, 2.75) is 57.1 Å². The van der Waals surface area contributed by atoms with E-state index in [0.29, 0.717) is 24.0 Å². The summed E-state index contributed by atoms with van der Waals surface area (Å²) in [5.41, 5.74) is 2.20. The molecule has 4 atom stereocenters. The first kappa shape index (κ1) is 26.6. The van der Waals surface area contributed by atoms with E-state index in [1.54, 1.807) is 14.1 Å². The number of Topliss-reactive ketones (excluding diaryl/α,β-unsaturated/α-hetero) is 3. The number of unbranched alkanes of at least 4 members (excludes halogenated alkanes) is 2. The van der Waals surface area contributed by atoms with Gasteiger partial charge in [-0.05, 0) is 57.0 Å². The molecular weight excluding hydrogens is 480 g/mol. The van der Waals surface area contributed by atoms with Crippen LogP contribution in [-0.4, -0.2) is 74.3 Å². The summed E-state index contributed by atoms with van der Waals surface area (Å²) in [6.45, 7) is 2.02. The predicted octanol–water partition coefficient (Wildman–Crippen LogP) is 1.73. The van der Waals surface area contributed by atoms with E-state index in [-0.39, 0.29) is 35.5 Å². The minimum absolute atomic E-state index is 0.0229. The van der Waals surface area contributed by atoms with Crippen molar-refractivity contribution < 1.29 is 39.6 Å². The molecule has 1 aromatic rings. The number of phenolic OH excluding ortho intramolecular Hbond substituents is 1. The Kier molecular flexibility index (Phi) is 6.76. The van der Waals surface area contributed by atoms with Gasteiger partial charge in [-0.3, -0.25) is 24.1 Å². The van der Waals surface area contributed by atoms with E-state index in [1.807, 2.05) is 6.92 Å². The molecule has 37 heavy (non-hydrogen) atoms. The van der Waals surface area contributed by atoms with Crippen molar-refractivity contribution in [2.24, 2.45) is 17.6 Å². The lowest BCUT2D eigenvalue weighted by Gasteiger charge is -2.50. The van der Waals surface area contributed by atoms with E-state index in [9.17, 15) is 39.6 Å². The van der Waals surface area contributed by atoms with Crippen molar-refractivity contribution in [3.8, 4) is 5.75 Å². The van der Waals surface area contributed by atoms with Crippen LogP contribution in [-0.2, 0) is 20.8 Å². The van der Waals surface area contributed by atoms with Gasteiger partial charge in [-0.25, -0.2) is 0 Å². The third kappa shape index (κ3) is 3.86. The lowest BCUT2D eigenvalue weighted by Crippen LogP contribution is -2.65. The van der Waals surface area contributed by atoms with Gasteiger partial charge in [0, 0.05) is 23.5 Å². The quantitative estimate of drug-likeness (QED) is 0.207. The molecule has 0 spiro atoms. The molecule has 6 N–H and O–H groups in total. The normalized spacial score (nSPS) is 27.2. The van der Waals surface area contributed by atoms with Crippen LogP contribution in [0.25, 0.3) is 5.76 Å². The third-order valence-electron chi connectivity index (χ3n) is 7.91. The maximum absolute atomic E-state index is 13.8. The highest BCUT2D eigenvalue weighted by molar-refractivity contribution is 6.24. The summed E-state index contributed by atoms with van der Waals surface area (Å²) in [4.78, 5) is 53.4. The molecule has 3 aliphatic rings. The Hall–Kier alpha value is -3.50. The maximum Gasteiger partial charge on any atom is 0.255 e. The second-order valence-electron chi connectivity index (χ2n) is 10.3. The summed E-state index contributed by atoms with van der Waals surface area (Å²) in [6, 6.07) is 1.62. The summed E-state index contributed by atoms with van der Waals surface area (Å²) in [5.74, 6) is -7.27. The Labute approximate surface area is 214 Å². The topological polar surface area (TPSA) is 178 Å². The smallest absolute Gasteiger partial charge is 0.255 e. The van der Waals surface area contributed by atoms with Gasteiger partial charge < -0.3 is 26.2 Å². The molecule has 198 valence electrons. The first-order valence-electron chi connectivity index (χ1n) is 12.4. The monoisotopic (exact) mass is 512 g/mol. The average molecular weight is 513 g/mol. The first-order chi connectivity index (χ1) is 17.4. The van der Waals surface area contributed by atoms with Crippen molar-refractivity contribution >= 4 is 29.0 Å². The Morgan fingerprint density at radius 2 is 1.81 bits per heavy atom. The number of primary amides is 1. The SMILES string of the molecule is CCCCCC(=O)c1ccc(O)c2c1C[C@@H]1C[C@H]3[C@@H](N(C)C)C(=O)C(C(N)=O)=C(O)[C@@]3(O)C(=O)C1=C2O. The lowest BCUT2D eigenvalue weighted by molar-refractivity contribution is -0.153. The lowest BCUT2D eigenvalue weighted by atomic mass is 9.57. The number of likely N-dealkylation sites (N-methyl/N-ethyl adjacent to an activating group) is 1. The molecule has 0 heterocycles. The number of carbonyl (C=O) groups excluding carboxylic acids is 4. The van der Waals surface area contributed by atoms with Crippen LogP contribution in [0.1, 0.15) is 60.5 Å². The van der Waals surface area contributed by atoms with E-state index in [0.717, 1.165) is 12.8 Å². The summed E-state index contributed by atoms with van der Waals surface area (Å²) >= 11 is 0. The Morgan fingerprint density at radius 1 is 1.14 bits per heavy atom. The number of hydrogen-bond donors (Lipinski definition) is 5. The minimum atomic E-state index is -2.69. The van der Waals surface area contributed by atoms with Crippen molar-refractivity contribution in [1.29, 1.82) is 0 Å². The van der Waals surface area contributed by atoms with Crippen LogP contribution in [0.5, 0.6) is 5.75 Å². The van der Waals surface area contributed by atoms with Gasteiger partial charge in [0.25, 0.3) is 5.91 Å². The molecular formula is C27H32N2O8. The van der Waals surface area contributed by atoms with E-state index in [1.165, 1.54) is 17.0 Å². The maximum atomic E-state index is 13.8. The molecule has 10 heteroatoms. The zero-order valence-electron chi connectivity index (χ0n) is 21.1. The number of aromatic hydroxyl groups is 1. The fraction of sp³-hybridized carbons (Fsp3) is 0.481. The fourth-order valence-electron chi connectivity index (χ4n) is 6.18. The average Bonchev–Trinajstić information content (AvgIpc) is 2.81. The zero-order chi connectivity index (χ0) is 27.4. The summed E-state index contributed by atoms with van der Waals surface area (Å²) in [7, 11) is 3.08. The highest BCUT2D eigenvalue weighted by atomic mass is 16.3. The second kappa shape index (κ2) is 9.42. The van der Waals surface area contributed by atoms with Gasteiger partial charge in [0.1, 0.15) is 22.8 Å². The van der Waals surface area contributed by atoms with Crippen LogP contribution in [0.3, 0.4) is 0 Å². The largest absolute Gasteiger partial charge is 0.508 e. The minimum Gasteiger partial charge on any atom is -0.508 e. The number of nitrogens with two attached hydrogens (primary N) is 1. The van der Waals surface area contributed by atoms with E-state index in [2.05, 4.69) is 0 Å². The fourth-order valence-corrected chi connectivity index (χ4v) is 6.18. The molecule has 1 aromatic carbocycles. The molecule has 0 bridgehead atoms. The van der Waals surface area contributed by atoms with Gasteiger partial charge in [-0.15, -0.1) is 0 Å². The van der Waals surface area contributed by atoms with Crippen LogP contribution >= 0.6 is 0 Å². The molecule has 0 unspecified atom stereocenters. The van der Waals surface area contributed by atoms with Gasteiger partial charge in [0.2, 0.25) is 5.78 Å². The molecule has 3 aliphatic carbocycles. The van der Waals surface area contributed by atoms with Crippen molar-refractivity contribution in [2.75, 3.05) is 14.1 Å². The molecule has 0 radical (unpaired) electrons. The van der Waals surface area contributed by atoms with Crippen molar-refractivity contribution in [3.63, 3.8) is 0 Å². The molecule has 1 fully saturated rings. The Bertz CT molecular complexity index is 1280. The molecule has 0 aromatic heterocycles. The van der Waals surface area contributed by atoms with E-state index in [4.69, 9.17) is 5.73 Å². The second-order valence-corrected chi connectivity index (χ2v) is 10.3. The number of aliphatic hydroxyl groups excluding tert-OH is 2. The molecule has 1 amide bonds. The molecule has 4 rings (SSSR count). The summed E-state index contributed by atoms with van der Waals surface area (Å²) < 4.78 is 0. The number of benzene rings is 1. The van der Waals surface area contributed by atoms with Gasteiger partial charge in [-0.2, -0.15) is 0 Å². The first-order valence-corrected chi connectivity index (χ1v) is 12.4. The predicted molar refractivity (Wildman–Crippen MR) is 133 cm³/mol. The highest BCUT2D eigenvalue weighted by Crippen LogP contribution is 2.53. The van der Waals surface area contributed by atoms with Crippen LogP contribution < -0.4 is 5.73 Å². The van der Waals surface area contributed by atoms with Gasteiger partial charge in [0.05, 0.1) is 11.6 Å². The summed E-state index contributed by atoms with van der Waals surface area (Å²) in [6.07, 6.45) is 2.87. The summed E-state index contributed by atoms with van der Waals surface area (Å²) in [5, 5.41) is 44.3. The Morgan fingerprint density at radius 3 is 2.41 bits per heavy atom. The van der Waals surface area contributed by atoms with Gasteiger partial charge in [-0.1, -0.05) is 19.8 Å². The standard InChI is InChI=1S/C27H32N2O8/c1-4-5-6-7-16(30)13-8-9-17(31)19-14(13)10-12-11-15-21(29(2)3)23(33)20(26(28)36)25(35)27(15,37)24(34)18(12)22(19)32/h8-9,12,15,21,31-32,35,37H,4-7,10-11H2,1-3H3,(H2,28,36)/t12-,15+,21-,27+/m1/s1. The van der Waals surface area contributed by atoms with E-state index >= 15 is 0 Å². The number of amides is 1. The van der Waals surface area contributed by atoms with Crippen LogP contribution in [0.4, 0.5) is 0 Å². The number of carbonyl (C=O) groups is 4. The third-order valence-corrected chi connectivity index (χ3v) is 7.91. The molecule has 0 aliphatic heterocycles. The number of nitrogens with zero attached hydrogens (tertiary/aromatic N) is 1. The van der Waals surface area contributed by atoms with Crippen LogP contribution in [0.15, 0.2) is 29.0 Å². The van der Waals surface area contributed by atoms with Crippen LogP contribution in [0.2, 0.25) is 0 Å². The highest BCUT2D eigenvalue weighted by Gasteiger charge is 2.64.